The third kappa shape index (κ3) is 4.99. The molecule has 1 N–H and O–H groups in total. The van der Waals surface area contributed by atoms with Gasteiger partial charge in [-0.15, -0.1) is 13.2 Å². The molecule has 3 saturated heterocycles. The van der Waals surface area contributed by atoms with Crippen LogP contribution in [0.5, 0.6) is 0 Å². The summed E-state index contributed by atoms with van der Waals surface area (Å²) in [5, 5.41) is 10.4. The van der Waals surface area contributed by atoms with Crippen LogP contribution < -0.4 is 0 Å². The summed E-state index contributed by atoms with van der Waals surface area (Å²) in [6.45, 7) is 17.7. The van der Waals surface area contributed by atoms with Crippen LogP contribution in [0.25, 0.3) is 0 Å². The number of unbranched alkanes of at least 4 members (excludes halogenated alkanes) is 1. The molecule has 6 atom stereocenters. The highest BCUT2D eigenvalue weighted by Crippen LogP contribution is 2.59. The van der Waals surface area contributed by atoms with E-state index in [0.29, 0.717) is 32.2 Å². The van der Waals surface area contributed by atoms with E-state index in [2.05, 4.69) is 13.2 Å². The highest BCUT2D eigenvalue weighted by Gasteiger charge is 2.75. The van der Waals surface area contributed by atoms with E-state index in [9.17, 15) is 19.5 Å². The minimum Gasteiger partial charge on any atom is -0.465 e. The normalized spacial score (nSPS) is 29.9. The number of rotatable bonds is 12. The van der Waals surface area contributed by atoms with Crippen LogP contribution in [0.3, 0.4) is 0 Å². The Morgan fingerprint density at radius 3 is 2.56 bits per heavy atom. The lowest BCUT2D eigenvalue weighted by molar-refractivity contribution is -0.157. The summed E-state index contributed by atoms with van der Waals surface area (Å²) < 4.78 is 12.0. The quantitative estimate of drug-likeness (QED) is 0.249. The summed E-state index contributed by atoms with van der Waals surface area (Å²) in [5.41, 5.74) is -1.64. The molecular weight excluding hydrogens is 460 g/mol. The number of aliphatic hydroxyl groups excluding tert-OH is 1. The van der Waals surface area contributed by atoms with Gasteiger partial charge in [0.25, 0.3) is 0 Å². The van der Waals surface area contributed by atoms with Gasteiger partial charge in [0.15, 0.2) is 0 Å². The van der Waals surface area contributed by atoms with E-state index in [1.807, 2.05) is 34.6 Å². The second kappa shape index (κ2) is 11.1. The molecule has 8 nitrogen and oxygen atoms in total. The smallest absolute Gasteiger partial charge is 0.312 e. The van der Waals surface area contributed by atoms with E-state index in [0.717, 1.165) is 6.42 Å². The third-order valence-electron chi connectivity index (χ3n) is 7.78. The minimum atomic E-state index is -1.11. The first-order valence-electron chi connectivity index (χ1n) is 13.2. The zero-order valence-electron chi connectivity index (χ0n) is 22.6. The van der Waals surface area contributed by atoms with Gasteiger partial charge in [0.1, 0.15) is 11.6 Å². The van der Waals surface area contributed by atoms with Crippen LogP contribution in [-0.2, 0) is 23.9 Å². The molecule has 2 amide bonds. The fourth-order valence-corrected chi connectivity index (χ4v) is 6.32. The molecule has 3 heterocycles. The van der Waals surface area contributed by atoms with Crippen molar-refractivity contribution in [1.29, 1.82) is 0 Å². The largest absolute Gasteiger partial charge is 0.465 e. The number of nitrogens with zero attached hydrogens (tertiary/aromatic N) is 2. The SMILES string of the molecule is C=CCCCOC(=O)[C@@H]1[C@@H]2CCC3(O2)C(C(=O)N(CC=C)C(C)(C)C)N([C@@H](CO)CC(C)C)C(=O)[C@H]13. The first kappa shape index (κ1) is 28.4. The van der Waals surface area contributed by atoms with Crippen molar-refractivity contribution in [2.24, 2.45) is 17.8 Å². The molecule has 0 aromatic heterocycles. The molecule has 0 saturated carbocycles. The Balaban J connectivity index is 2.04. The van der Waals surface area contributed by atoms with Gasteiger partial charge in [-0.25, -0.2) is 0 Å². The van der Waals surface area contributed by atoms with E-state index in [4.69, 9.17) is 9.47 Å². The van der Waals surface area contributed by atoms with Crippen molar-refractivity contribution in [1.82, 2.24) is 9.80 Å². The first-order valence-corrected chi connectivity index (χ1v) is 13.2. The first-order chi connectivity index (χ1) is 16.9. The molecule has 2 unspecified atom stereocenters. The maximum atomic E-state index is 14.3. The molecule has 0 aromatic rings. The number of ether oxygens (including phenoxy) is 2. The standard InChI is InChI=1S/C28H44N2O6/c1-8-10-11-15-35-26(34)21-20-12-13-28(36-20)22(21)24(32)30(19(17-31)16-18(3)4)23(28)25(33)29(14-9-2)27(5,6)7/h8-9,18-23,31H,1-2,10-17H2,3-7H3/t19-,20+,21-,22+,23?,28?/m1/s1. The number of esters is 1. The Morgan fingerprint density at radius 1 is 1.31 bits per heavy atom. The number of hydrogen-bond donors (Lipinski definition) is 1. The maximum absolute atomic E-state index is 14.3. The molecule has 3 rings (SSSR count). The van der Waals surface area contributed by atoms with Crippen molar-refractivity contribution in [3.63, 3.8) is 0 Å². The topological polar surface area (TPSA) is 96.4 Å². The van der Waals surface area contributed by atoms with E-state index >= 15 is 0 Å². The zero-order chi connectivity index (χ0) is 26.8. The molecule has 0 aromatic carbocycles. The number of aliphatic hydroxyl groups is 1. The Morgan fingerprint density at radius 2 is 2.00 bits per heavy atom. The fraction of sp³-hybridized carbons (Fsp3) is 0.750. The van der Waals surface area contributed by atoms with Gasteiger partial charge in [0.05, 0.1) is 37.2 Å². The monoisotopic (exact) mass is 504 g/mol. The van der Waals surface area contributed by atoms with Crippen molar-refractivity contribution in [2.45, 2.75) is 96.1 Å². The van der Waals surface area contributed by atoms with E-state index in [1.165, 1.54) is 0 Å². The van der Waals surface area contributed by atoms with E-state index in [-0.39, 0.29) is 30.9 Å². The lowest BCUT2D eigenvalue weighted by Gasteiger charge is -2.43. The average molecular weight is 505 g/mol. The predicted octanol–water partition coefficient (Wildman–Crippen LogP) is 3.09. The summed E-state index contributed by atoms with van der Waals surface area (Å²) in [4.78, 5) is 44.9. The summed E-state index contributed by atoms with van der Waals surface area (Å²) in [7, 11) is 0. The number of hydrogen-bond acceptors (Lipinski definition) is 6. The molecule has 1 spiro atoms. The Hall–Kier alpha value is -2.19. The number of carbonyl (C=O) groups is 3. The summed E-state index contributed by atoms with van der Waals surface area (Å²) in [6, 6.07) is -1.47. The number of fused-ring (bicyclic) bond motifs is 1. The molecule has 3 aliphatic heterocycles. The summed E-state index contributed by atoms with van der Waals surface area (Å²) >= 11 is 0. The molecule has 2 bridgehead atoms. The van der Waals surface area contributed by atoms with E-state index < -0.39 is 47.1 Å². The van der Waals surface area contributed by atoms with E-state index in [1.54, 1.807) is 22.0 Å². The van der Waals surface area contributed by atoms with Gasteiger partial charge in [-0.05, 0) is 58.8 Å². The maximum Gasteiger partial charge on any atom is 0.312 e. The number of amides is 2. The number of likely N-dealkylation sites (tertiary alicyclic amines) is 1. The zero-order valence-corrected chi connectivity index (χ0v) is 22.6. The Kier molecular flexibility index (Phi) is 8.71. The number of carbonyl (C=O) groups excluding carboxylic acids is 3. The average Bonchev–Trinajstić information content (AvgIpc) is 3.44. The molecule has 3 aliphatic rings. The van der Waals surface area contributed by atoms with Gasteiger partial charge in [-0.1, -0.05) is 26.0 Å². The third-order valence-corrected chi connectivity index (χ3v) is 7.78. The highest BCUT2D eigenvalue weighted by atomic mass is 16.6. The fourth-order valence-electron chi connectivity index (χ4n) is 6.32. The predicted molar refractivity (Wildman–Crippen MR) is 137 cm³/mol. The van der Waals surface area contributed by atoms with Crippen molar-refractivity contribution in [2.75, 3.05) is 19.8 Å². The molecule has 202 valence electrons. The lowest BCUT2D eigenvalue weighted by atomic mass is 9.70. The molecule has 3 fully saturated rings. The van der Waals surface area contributed by atoms with Crippen LogP contribution in [0, 0.1) is 17.8 Å². The van der Waals surface area contributed by atoms with Crippen molar-refractivity contribution in [3.05, 3.63) is 25.3 Å². The van der Waals surface area contributed by atoms with Crippen LogP contribution in [0.2, 0.25) is 0 Å². The Bertz CT molecular complexity index is 865. The second-order valence-corrected chi connectivity index (χ2v) is 11.8. The van der Waals surface area contributed by atoms with Gasteiger partial charge in [0, 0.05) is 12.1 Å². The van der Waals surface area contributed by atoms with Gasteiger partial charge < -0.3 is 24.4 Å². The van der Waals surface area contributed by atoms with Crippen molar-refractivity contribution in [3.8, 4) is 0 Å². The Labute approximate surface area is 215 Å². The molecule has 36 heavy (non-hydrogen) atoms. The lowest BCUT2D eigenvalue weighted by Crippen LogP contribution is -2.61. The second-order valence-electron chi connectivity index (χ2n) is 11.8. The molecule has 0 radical (unpaired) electrons. The van der Waals surface area contributed by atoms with Crippen LogP contribution in [0.1, 0.15) is 66.7 Å². The van der Waals surface area contributed by atoms with Crippen molar-refractivity contribution < 1.29 is 29.0 Å². The van der Waals surface area contributed by atoms with Crippen LogP contribution in [0.4, 0.5) is 0 Å². The summed E-state index contributed by atoms with van der Waals surface area (Å²) in [6.07, 6.45) is 6.00. The van der Waals surface area contributed by atoms with Crippen LogP contribution in [0.15, 0.2) is 25.3 Å². The summed E-state index contributed by atoms with van der Waals surface area (Å²) in [5.74, 6) is -2.34. The minimum absolute atomic E-state index is 0.193. The van der Waals surface area contributed by atoms with Gasteiger partial charge in [0.2, 0.25) is 11.8 Å². The van der Waals surface area contributed by atoms with Crippen LogP contribution >= 0.6 is 0 Å². The molecule has 0 aliphatic carbocycles. The molecular formula is C28H44N2O6. The molecule has 8 heteroatoms. The number of allylic oxidation sites excluding steroid dienone is 1. The highest BCUT2D eigenvalue weighted by molar-refractivity contribution is 5.98. The van der Waals surface area contributed by atoms with Crippen molar-refractivity contribution >= 4 is 17.8 Å². The van der Waals surface area contributed by atoms with Crippen LogP contribution in [-0.4, -0.2) is 81.8 Å². The van der Waals surface area contributed by atoms with Gasteiger partial charge in [-0.2, -0.15) is 0 Å². The van der Waals surface area contributed by atoms with Gasteiger partial charge >= 0.3 is 5.97 Å². The van der Waals surface area contributed by atoms with Gasteiger partial charge in [-0.3, -0.25) is 14.4 Å².